The van der Waals surface area contributed by atoms with Gasteiger partial charge in [-0.15, -0.1) is 0 Å². The summed E-state index contributed by atoms with van der Waals surface area (Å²) < 4.78 is 22.6. The minimum atomic E-state index is -3.76. The second-order valence-electron chi connectivity index (χ2n) is 4.14. The number of para-hydroxylation sites is 1. The van der Waals surface area contributed by atoms with Crippen LogP contribution in [0.2, 0.25) is 0 Å². The number of hydrazine groups is 1. The second kappa shape index (κ2) is 6.35. The molecule has 2 aromatic carbocycles. The molecule has 0 unspecified atom stereocenters. The molecule has 0 bridgehead atoms. The van der Waals surface area contributed by atoms with E-state index in [0.717, 1.165) is 0 Å². The summed E-state index contributed by atoms with van der Waals surface area (Å²) in [6, 6.07) is 15.2. The minimum absolute atomic E-state index is 0.00332. The van der Waals surface area contributed by atoms with E-state index in [1.54, 1.807) is 24.3 Å². The van der Waals surface area contributed by atoms with Crippen LogP contribution in [-0.2, 0) is 10.0 Å². The van der Waals surface area contributed by atoms with Gasteiger partial charge in [-0.25, -0.2) is 24.4 Å². The molecule has 8 heteroatoms. The van der Waals surface area contributed by atoms with Gasteiger partial charge in [0.1, 0.15) is 0 Å². The van der Waals surface area contributed by atoms with Gasteiger partial charge in [0.2, 0.25) is 16.0 Å². The molecule has 0 atom stereocenters. The van der Waals surface area contributed by atoms with Crippen molar-refractivity contribution in [1.29, 1.82) is 0 Å². The van der Waals surface area contributed by atoms with Crippen LogP contribution in [0.25, 0.3) is 0 Å². The highest BCUT2D eigenvalue weighted by Gasteiger charge is 2.08. The Labute approximate surface area is 122 Å². The quantitative estimate of drug-likeness (QED) is 0.290. The molecule has 6 N–H and O–H groups in total. The monoisotopic (exact) mass is 305 g/mol. The predicted molar refractivity (Wildman–Crippen MR) is 82.3 cm³/mol. The van der Waals surface area contributed by atoms with Crippen molar-refractivity contribution >= 4 is 27.4 Å². The number of primary sulfonamides is 1. The molecule has 2 rings (SSSR count). The van der Waals surface area contributed by atoms with Gasteiger partial charge in [-0.2, -0.15) is 0 Å². The Morgan fingerprint density at radius 2 is 1.76 bits per heavy atom. The van der Waals surface area contributed by atoms with Crippen LogP contribution in [0.3, 0.4) is 0 Å². The first-order valence-electron chi connectivity index (χ1n) is 5.99. The molecule has 0 radical (unpaired) electrons. The minimum Gasteiger partial charge on any atom is -0.325 e. The fraction of sp³-hybridized carbons (Fsp3) is 0. The molecule has 110 valence electrons. The lowest BCUT2D eigenvalue weighted by Gasteiger charge is -2.10. The van der Waals surface area contributed by atoms with Crippen LogP contribution in [0, 0.1) is 0 Å². The Hall–Kier alpha value is -2.42. The summed E-state index contributed by atoms with van der Waals surface area (Å²) in [5, 5.41) is 7.97. The van der Waals surface area contributed by atoms with E-state index in [9.17, 15) is 8.42 Å². The first-order valence-corrected chi connectivity index (χ1v) is 7.54. The van der Waals surface area contributed by atoms with Crippen molar-refractivity contribution < 1.29 is 8.42 Å². The highest BCUT2D eigenvalue weighted by Crippen LogP contribution is 2.15. The molecule has 21 heavy (non-hydrogen) atoms. The van der Waals surface area contributed by atoms with Crippen LogP contribution >= 0.6 is 0 Å². The number of hydrogen-bond donors (Lipinski definition) is 4. The molecule has 0 heterocycles. The maximum atomic E-state index is 11.3. The average Bonchev–Trinajstić information content (AvgIpc) is 2.47. The van der Waals surface area contributed by atoms with Crippen molar-refractivity contribution in [3.63, 3.8) is 0 Å². The zero-order valence-electron chi connectivity index (χ0n) is 11.0. The largest absolute Gasteiger partial charge is 0.325 e. The maximum absolute atomic E-state index is 11.3. The van der Waals surface area contributed by atoms with E-state index in [0.29, 0.717) is 11.4 Å². The highest BCUT2D eigenvalue weighted by molar-refractivity contribution is 7.89. The number of hydrogen-bond acceptors (Lipinski definition) is 4. The third-order valence-electron chi connectivity index (χ3n) is 2.56. The molecule has 0 aromatic heterocycles. The van der Waals surface area contributed by atoms with E-state index < -0.39 is 10.0 Å². The Kier molecular flexibility index (Phi) is 4.53. The molecule has 7 nitrogen and oxygen atoms in total. The molecule has 0 fully saturated rings. The summed E-state index contributed by atoms with van der Waals surface area (Å²) >= 11 is 0. The maximum Gasteiger partial charge on any atom is 0.238 e. The Bertz CT molecular complexity index is 744. The number of aliphatic imine (C=N–C) groups is 1. The smallest absolute Gasteiger partial charge is 0.238 e. The Morgan fingerprint density at radius 1 is 1.05 bits per heavy atom. The number of nitrogens with one attached hydrogen (secondary N) is 2. The van der Waals surface area contributed by atoms with Gasteiger partial charge >= 0.3 is 0 Å². The van der Waals surface area contributed by atoms with E-state index in [4.69, 9.17) is 11.0 Å². The summed E-state index contributed by atoms with van der Waals surface area (Å²) in [7, 11) is -3.76. The first-order chi connectivity index (χ1) is 9.99. The molecule has 0 aliphatic carbocycles. The van der Waals surface area contributed by atoms with Crippen LogP contribution in [-0.4, -0.2) is 14.4 Å². The molecule has 0 spiro atoms. The van der Waals surface area contributed by atoms with E-state index in [1.807, 2.05) is 18.2 Å². The highest BCUT2D eigenvalue weighted by atomic mass is 32.2. The number of sulfonamides is 1. The van der Waals surface area contributed by atoms with Crippen molar-refractivity contribution in [1.82, 2.24) is 5.43 Å². The number of rotatable bonds is 3. The third-order valence-corrected chi connectivity index (χ3v) is 3.47. The number of benzene rings is 2. The lowest BCUT2D eigenvalue weighted by Crippen LogP contribution is -2.36. The molecular weight excluding hydrogens is 290 g/mol. The lowest BCUT2D eigenvalue weighted by molar-refractivity contribution is 0.598. The molecule has 0 amide bonds. The summed E-state index contributed by atoms with van der Waals surface area (Å²) in [4.78, 5) is 4.26. The van der Waals surface area contributed by atoms with Crippen molar-refractivity contribution in [2.75, 3.05) is 5.32 Å². The number of nitrogens with two attached hydrogens (primary N) is 2. The van der Waals surface area contributed by atoms with Gasteiger partial charge in [-0.1, -0.05) is 24.3 Å². The predicted octanol–water partition coefficient (Wildman–Crippen LogP) is 0.897. The van der Waals surface area contributed by atoms with Crippen molar-refractivity contribution in [2.45, 2.75) is 4.90 Å². The van der Waals surface area contributed by atoms with Crippen molar-refractivity contribution in [3.8, 4) is 0 Å². The average molecular weight is 305 g/mol. The third kappa shape index (κ3) is 4.28. The summed E-state index contributed by atoms with van der Waals surface area (Å²) in [5.74, 6) is 5.68. The number of anilines is 1. The summed E-state index contributed by atoms with van der Waals surface area (Å²) in [6.45, 7) is 0. The molecule has 0 saturated carbocycles. The standard InChI is InChI=1S/C13H15N5O2S/c14-18-13(16-10-5-2-1-3-6-10)17-11-7-4-8-12(9-11)21(15,19)20/h1-9H,14H2,(H2,15,19,20)(H2,16,17,18). The van der Waals surface area contributed by atoms with Crippen LogP contribution in [0.5, 0.6) is 0 Å². The number of guanidine groups is 1. The fourth-order valence-electron chi connectivity index (χ4n) is 1.62. The van der Waals surface area contributed by atoms with Gasteiger partial charge in [0.15, 0.2) is 0 Å². The topological polar surface area (TPSA) is 123 Å². The van der Waals surface area contributed by atoms with Gasteiger partial charge in [-0.05, 0) is 30.3 Å². The van der Waals surface area contributed by atoms with Gasteiger partial charge in [0.25, 0.3) is 0 Å². The van der Waals surface area contributed by atoms with E-state index in [-0.39, 0.29) is 10.9 Å². The zero-order valence-corrected chi connectivity index (χ0v) is 11.8. The van der Waals surface area contributed by atoms with E-state index in [1.165, 1.54) is 12.1 Å². The van der Waals surface area contributed by atoms with Crippen molar-refractivity contribution in [2.24, 2.45) is 16.0 Å². The molecule has 2 aromatic rings. The molecule has 0 saturated heterocycles. The van der Waals surface area contributed by atoms with Gasteiger partial charge in [0, 0.05) is 5.69 Å². The first kappa shape index (κ1) is 15.0. The van der Waals surface area contributed by atoms with E-state index in [2.05, 4.69) is 15.7 Å². The van der Waals surface area contributed by atoms with Crippen molar-refractivity contribution in [3.05, 3.63) is 54.6 Å². The van der Waals surface area contributed by atoms with Gasteiger partial charge in [-0.3, -0.25) is 5.43 Å². The molecule has 0 aliphatic rings. The molecule has 0 aliphatic heterocycles. The Morgan fingerprint density at radius 3 is 2.38 bits per heavy atom. The van der Waals surface area contributed by atoms with Crippen LogP contribution in [0.1, 0.15) is 0 Å². The lowest BCUT2D eigenvalue weighted by atomic mass is 10.3. The van der Waals surface area contributed by atoms with Gasteiger partial charge in [0.05, 0.1) is 10.6 Å². The Balaban J connectivity index is 2.25. The van der Waals surface area contributed by atoms with Crippen LogP contribution in [0.4, 0.5) is 11.4 Å². The second-order valence-corrected chi connectivity index (χ2v) is 5.70. The van der Waals surface area contributed by atoms with E-state index >= 15 is 0 Å². The van der Waals surface area contributed by atoms with Crippen LogP contribution in [0.15, 0.2) is 64.5 Å². The zero-order chi connectivity index (χ0) is 15.3. The number of nitrogens with zero attached hydrogens (tertiary/aromatic N) is 1. The molecular formula is C13H15N5O2S. The van der Waals surface area contributed by atoms with Crippen LogP contribution < -0.4 is 21.7 Å². The fourth-order valence-corrected chi connectivity index (χ4v) is 2.17. The normalized spacial score (nSPS) is 12.0. The van der Waals surface area contributed by atoms with Gasteiger partial charge < -0.3 is 5.32 Å². The SMILES string of the molecule is NNC(=Nc1ccccc1)Nc1cccc(S(N)(=O)=O)c1. The summed E-state index contributed by atoms with van der Waals surface area (Å²) in [6.07, 6.45) is 0. The summed E-state index contributed by atoms with van der Waals surface area (Å²) in [5.41, 5.74) is 3.60.